The van der Waals surface area contributed by atoms with E-state index >= 15 is 0 Å². The number of carbonyl (C=O) groups excluding carboxylic acids is 1. The van der Waals surface area contributed by atoms with E-state index in [-0.39, 0.29) is 17.7 Å². The Hall–Kier alpha value is -3.63. The van der Waals surface area contributed by atoms with E-state index in [9.17, 15) is 9.18 Å². The average molecular weight is 482 g/mol. The predicted molar refractivity (Wildman–Crippen MR) is 129 cm³/mol. The standard InChI is InChI=1S/C25H28FN5O4/c1-31-10-11-34-13-15(31)14-35-20-12-27-8-6-16(20)22-23(21-18(29-22)7-9-28-25(21)32)30-19-5-3-4-17(26)24(19)33-2/h3-6,8,12,15,29-30H,7,9-11,13-14H2,1-2H3,(H,28,32)/t15-/m1/s1. The topological polar surface area (TPSA) is 101 Å². The van der Waals surface area contributed by atoms with Crippen LogP contribution in [0.25, 0.3) is 11.3 Å². The highest BCUT2D eigenvalue weighted by atomic mass is 19.1. The summed E-state index contributed by atoms with van der Waals surface area (Å²) < 4.78 is 31.5. The summed E-state index contributed by atoms with van der Waals surface area (Å²) in [6.45, 7) is 3.10. The van der Waals surface area contributed by atoms with Crippen molar-refractivity contribution in [3.8, 4) is 22.8 Å². The number of pyridine rings is 1. The molecule has 0 unspecified atom stereocenters. The van der Waals surface area contributed by atoms with E-state index in [4.69, 9.17) is 14.2 Å². The molecule has 0 saturated carbocycles. The third-order valence-corrected chi connectivity index (χ3v) is 6.40. The first kappa shape index (κ1) is 23.1. The molecule has 1 aromatic carbocycles. The van der Waals surface area contributed by atoms with Crippen LogP contribution in [0.5, 0.6) is 11.5 Å². The lowest BCUT2D eigenvalue weighted by Gasteiger charge is -2.32. The van der Waals surface area contributed by atoms with Crippen LogP contribution in [0.2, 0.25) is 0 Å². The van der Waals surface area contributed by atoms with Crippen LogP contribution in [-0.4, -0.2) is 73.9 Å². The molecule has 0 bridgehead atoms. The van der Waals surface area contributed by atoms with Gasteiger partial charge in [-0.15, -0.1) is 0 Å². The molecule has 10 heteroatoms. The van der Waals surface area contributed by atoms with Crippen molar-refractivity contribution in [1.29, 1.82) is 0 Å². The second-order valence-corrected chi connectivity index (χ2v) is 8.57. The van der Waals surface area contributed by atoms with Gasteiger partial charge in [-0.1, -0.05) is 6.07 Å². The van der Waals surface area contributed by atoms with Gasteiger partial charge in [-0.05, 0) is 25.2 Å². The Morgan fingerprint density at radius 1 is 1.34 bits per heavy atom. The minimum Gasteiger partial charge on any atom is -0.492 e. The summed E-state index contributed by atoms with van der Waals surface area (Å²) >= 11 is 0. The highest BCUT2D eigenvalue weighted by molar-refractivity contribution is 6.06. The van der Waals surface area contributed by atoms with Gasteiger partial charge in [0.2, 0.25) is 0 Å². The number of benzene rings is 1. The Balaban J connectivity index is 1.55. The number of hydrogen-bond acceptors (Lipinski definition) is 7. The van der Waals surface area contributed by atoms with E-state index in [0.717, 1.165) is 17.8 Å². The Bertz CT molecular complexity index is 1230. The molecular formula is C25H28FN5O4. The molecule has 5 rings (SSSR count). The number of fused-ring (bicyclic) bond motifs is 1. The third-order valence-electron chi connectivity index (χ3n) is 6.40. The van der Waals surface area contributed by atoms with Crippen molar-refractivity contribution in [2.45, 2.75) is 12.5 Å². The molecule has 9 nitrogen and oxygen atoms in total. The fourth-order valence-corrected chi connectivity index (χ4v) is 4.46. The van der Waals surface area contributed by atoms with Crippen LogP contribution in [-0.2, 0) is 11.2 Å². The average Bonchev–Trinajstić information content (AvgIpc) is 3.23. The number of likely N-dealkylation sites (N-methyl/N-ethyl adjacent to an activating group) is 1. The van der Waals surface area contributed by atoms with E-state index in [2.05, 4.69) is 25.5 Å². The van der Waals surface area contributed by atoms with Gasteiger partial charge < -0.3 is 29.8 Å². The molecule has 1 saturated heterocycles. The number of ether oxygens (including phenoxy) is 3. The number of aromatic nitrogens is 2. The lowest BCUT2D eigenvalue weighted by Crippen LogP contribution is -2.46. The van der Waals surface area contributed by atoms with Crippen LogP contribution < -0.4 is 20.1 Å². The lowest BCUT2D eigenvalue weighted by molar-refractivity contribution is -0.0107. The summed E-state index contributed by atoms with van der Waals surface area (Å²) in [4.78, 5) is 22.7. The second-order valence-electron chi connectivity index (χ2n) is 8.57. The second kappa shape index (κ2) is 9.93. The summed E-state index contributed by atoms with van der Waals surface area (Å²) in [5.41, 5.74) is 3.61. The molecule has 3 aromatic rings. The largest absolute Gasteiger partial charge is 0.492 e. The number of halogens is 1. The fraction of sp³-hybridized carbons (Fsp3) is 0.360. The van der Waals surface area contributed by atoms with Gasteiger partial charge in [0.05, 0.1) is 55.2 Å². The van der Waals surface area contributed by atoms with Gasteiger partial charge in [-0.25, -0.2) is 4.39 Å². The van der Waals surface area contributed by atoms with Crippen LogP contribution in [0, 0.1) is 5.82 Å². The first-order valence-electron chi connectivity index (χ1n) is 11.5. The van der Waals surface area contributed by atoms with E-state index in [0.29, 0.717) is 61.2 Å². The first-order chi connectivity index (χ1) is 17.1. The van der Waals surface area contributed by atoms with E-state index < -0.39 is 5.82 Å². The lowest BCUT2D eigenvalue weighted by atomic mass is 10.0. The summed E-state index contributed by atoms with van der Waals surface area (Å²) in [5, 5.41) is 6.14. The molecule has 3 N–H and O–H groups in total. The van der Waals surface area contributed by atoms with E-state index in [1.54, 1.807) is 24.5 Å². The minimum atomic E-state index is -0.500. The number of carbonyl (C=O) groups is 1. The number of methoxy groups -OCH3 is 1. The van der Waals surface area contributed by atoms with Gasteiger partial charge in [0.25, 0.3) is 5.91 Å². The zero-order chi connectivity index (χ0) is 24.4. The summed E-state index contributed by atoms with van der Waals surface area (Å²) in [7, 11) is 3.46. The van der Waals surface area contributed by atoms with Gasteiger partial charge in [-0.3, -0.25) is 14.7 Å². The molecule has 1 atom stereocenters. The van der Waals surface area contributed by atoms with Crippen LogP contribution in [0.15, 0.2) is 36.7 Å². The maximum atomic E-state index is 14.4. The van der Waals surface area contributed by atoms with E-state index in [1.807, 2.05) is 13.1 Å². The Morgan fingerprint density at radius 3 is 3.06 bits per heavy atom. The van der Waals surface area contributed by atoms with E-state index in [1.165, 1.54) is 13.2 Å². The normalized spacial score (nSPS) is 18.0. The highest BCUT2D eigenvalue weighted by Crippen LogP contribution is 2.42. The van der Waals surface area contributed by atoms with Crippen molar-refractivity contribution in [3.05, 3.63) is 53.7 Å². The highest BCUT2D eigenvalue weighted by Gasteiger charge is 2.29. The van der Waals surface area contributed by atoms with Crippen molar-refractivity contribution < 1.29 is 23.4 Å². The molecule has 0 spiro atoms. The molecule has 1 amide bonds. The zero-order valence-electron chi connectivity index (χ0n) is 19.7. The molecule has 184 valence electrons. The summed E-state index contributed by atoms with van der Waals surface area (Å²) in [6.07, 6.45) is 3.97. The Morgan fingerprint density at radius 2 is 2.23 bits per heavy atom. The molecule has 0 radical (unpaired) electrons. The number of amides is 1. The number of anilines is 2. The van der Waals surface area contributed by atoms with Crippen LogP contribution >= 0.6 is 0 Å². The summed E-state index contributed by atoms with van der Waals surface area (Å²) in [5.74, 6) is -0.0697. The molecule has 35 heavy (non-hydrogen) atoms. The minimum absolute atomic E-state index is 0.0659. The third kappa shape index (κ3) is 4.54. The fourth-order valence-electron chi connectivity index (χ4n) is 4.46. The smallest absolute Gasteiger partial charge is 0.255 e. The van der Waals surface area contributed by atoms with Gasteiger partial charge >= 0.3 is 0 Å². The number of nitrogens with zero attached hydrogens (tertiary/aromatic N) is 2. The maximum Gasteiger partial charge on any atom is 0.255 e. The SMILES string of the molecule is COc1c(F)cccc1Nc1c(-c2ccncc2OC[C@H]2COCCN2C)[nH]c2c1C(=O)NCC2. The van der Waals surface area contributed by atoms with Gasteiger partial charge in [0.15, 0.2) is 11.6 Å². The quantitative estimate of drug-likeness (QED) is 0.477. The Labute approximate surface area is 202 Å². The number of H-pyrrole nitrogens is 1. The van der Waals surface area contributed by atoms with Crippen molar-refractivity contribution in [2.24, 2.45) is 0 Å². The van der Waals surface area contributed by atoms with Gasteiger partial charge in [0.1, 0.15) is 12.4 Å². The number of hydrogen-bond donors (Lipinski definition) is 3. The van der Waals surface area contributed by atoms with Crippen molar-refractivity contribution in [1.82, 2.24) is 20.2 Å². The van der Waals surface area contributed by atoms with Crippen LogP contribution in [0.4, 0.5) is 15.8 Å². The molecule has 2 aliphatic rings. The molecule has 4 heterocycles. The first-order valence-corrected chi connectivity index (χ1v) is 11.5. The molecular weight excluding hydrogens is 453 g/mol. The van der Waals surface area contributed by atoms with Crippen LogP contribution in [0.1, 0.15) is 16.1 Å². The number of morpholine rings is 1. The molecule has 1 fully saturated rings. The van der Waals surface area contributed by atoms with Crippen molar-refractivity contribution in [3.63, 3.8) is 0 Å². The molecule has 2 aliphatic heterocycles. The van der Waals surface area contributed by atoms with Gasteiger partial charge in [0, 0.05) is 37.0 Å². The zero-order valence-corrected chi connectivity index (χ0v) is 19.7. The number of nitrogens with one attached hydrogen (secondary N) is 3. The molecule has 2 aromatic heterocycles. The van der Waals surface area contributed by atoms with Crippen LogP contribution in [0.3, 0.4) is 0 Å². The number of para-hydroxylation sites is 1. The molecule has 0 aliphatic carbocycles. The number of rotatable bonds is 7. The van der Waals surface area contributed by atoms with Crippen molar-refractivity contribution >= 4 is 17.3 Å². The monoisotopic (exact) mass is 481 g/mol. The van der Waals surface area contributed by atoms with Gasteiger partial charge in [-0.2, -0.15) is 0 Å². The maximum absolute atomic E-state index is 14.4. The Kier molecular flexibility index (Phi) is 6.56. The number of aromatic amines is 1. The van der Waals surface area contributed by atoms with Crippen molar-refractivity contribution in [2.75, 3.05) is 52.4 Å². The predicted octanol–water partition coefficient (Wildman–Crippen LogP) is 2.96. The summed E-state index contributed by atoms with van der Waals surface area (Å²) in [6, 6.07) is 6.57.